The molecular weight excluding hydrogens is 330 g/mol. The van der Waals surface area contributed by atoms with Crippen molar-refractivity contribution in [1.29, 1.82) is 0 Å². The third kappa shape index (κ3) is 6.88. The van der Waals surface area contributed by atoms with Gasteiger partial charge in [0.15, 0.2) is 0 Å². The van der Waals surface area contributed by atoms with Crippen LogP contribution < -0.4 is 16.4 Å². The summed E-state index contributed by atoms with van der Waals surface area (Å²) in [5.41, 5.74) is 5.80. The monoisotopic (exact) mass is 357 g/mol. The molecule has 2 rings (SSSR count). The molecule has 0 spiro atoms. The highest BCUT2D eigenvalue weighted by atomic mass is 35.5. The molecule has 0 radical (unpaired) electrons. The predicted molar refractivity (Wildman–Crippen MR) is 95.1 cm³/mol. The summed E-state index contributed by atoms with van der Waals surface area (Å²) in [5, 5.41) is 9.87. The Hall–Kier alpha value is -1.60. The molecular formula is C16H28ClN5O2. The van der Waals surface area contributed by atoms with Gasteiger partial charge in [-0.25, -0.2) is 0 Å². The van der Waals surface area contributed by atoms with E-state index in [-0.39, 0.29) is 36.8 Å². The lowest BCUT2D eigenvalue weighted by Gasteiger charge is -2.22. The van der Waals surface area contributed by atoms with Gasteiger partial charge in [-0.2, -0.15) is 5.10 Å². The lowest BCUT2D eigenvalue weighted by atomic mass is 9.95. The molecule has 1 aliphatic rings. The minimum Gasteiger partial charge on any atom is -0.352 e. The van der Waals surface area contributed by atoms with E-state index in [0.717, 1.165) is 12.8 Å². The first kappa shape index (κ1) is 20.4. The molecule has 0 aliphatic heterocycles. The Morgan fingerprint density at radius 3 is 2.62 bits per heavy atom. The van der Waals surface area contributed by atoms with Crippen molar-refractivity contribution in [3.8, 4) is 0 Å². The van der Waals surface area contributed by atoms with Crippen LogP contribution in [0.2, 0.25) is 0 Å². The van der Waals surface area contributed by atoms with E-state index in [4.69, 9.17) is 5.73 Å². The van der Waals surface area contributed by atoms with E-state index in [1.54, 1.807) is 6.20 Å². The molecule has 1 heterocycles. The van der Waals surface area contributed by atoms with E-state index >= 15 is 0 Å². The first-order chi connectivity index (χ1) is 10.8. The highest BCUT2D eigenvalue weighted by Crippen LogP contribution is 2.17. The first-order valence-electron chi connectivity index (χ1n) is 8.22. The molecule has 0 aromatic carbocycles. The first-order valence-corrected chi connectivity index (χ1v) is 8.22. The van der Waals surface area contributed by atoms with E-state index in [1.165, 1.54) is 30.1 Å². The summed E-state index contributed by atoms with van der Waals surface area (Å²) < 4.78 is 1.49. The minimum atomic E-state index is -0.467. The topological polar surface area (TPSA) is 102 Å². The van der Waals surface area contributed by atoms with Crippen molar-refractivity contribution >= 4 is 24.2 Å². The number of hydrogen-bond donors (Lipinski definition) is 3. The molecule has 1 aromatic heterocycles. The fourth-order valence-corrected chi connectivity index (χ4v) is 2.64. The molecule has 4 N–H and O–H groups in total. The average Bonchev–Trinajstić information content (AvgIpc) is 2.93. The van der Waals surface area contributed by atoms with Gasteiger partial charge in [0.05, 0.1) is 11.8 Å². The second-order valence-electron chi connectivity index (χ2n) is 7.00. The maximum atomic E-state index is 12.0. The number of amides is 2. The maximum absolute atomic E-state index is 12.0. The Morgan fingerprint density at radius 1 is 1.33 bits per heavy atom. The summed E-state index contributed by atoms with van der Waals surface area (Å²) in [5.74, 6) is -0.294. The Kier molecular flexibility index (Phi) is 7.69. The van der Waals surface area contributed by atoms with Crippen LogP contribution in [0.4, 0.5) is 0 Å². The van der Waals surface area contributed by atoms with Gasteiger partial charge < -0.3 is 16.4 Å². The van der Waals surface area contributed by atoms with Crippen LogP contribution in [0.1, 0.15) is 56.3 Å². The van der Waals surface area contributed by atoms with Crippen LogP contribution in [0.5, 0.6) is 0 Å². The van der Waals surface area contributed by atoms with Gasteiger partial charge in [-0.05, 0) is 26.7 Å². The number of nitrogens with two attached hydrogens (primary N) is 1. The highest BCUT2D eigenvalue weighted by molar-refractivity contribution is 5.93. The Morgan fingerprint density at radius 2 is 2.00 bits per heavy atom. The number of nitrogens with zero attached hydrogens (tertiary/aromatic N) is 2. The van der Waals surface area contributed by atoms with E-state index in [0.29, 0.717) is 12.1 Å². The van der Waals surface area contributed by atoms with Gasteiger partial charge in [-0.15, -0.1) is 12.4 Å². The number of nitrogens with one attached hydrogen (secondary N) is 2. The summed E-state index contributed by atoms with van der Waals surface area (Å²) in [4.78, 5) is 24.0. The average molecular weight is 358 g/mol. The smallest absolute Gasteiger partial charge is 0.254 e. The van der Waals surface area contributed by atoms with Crippen molar-refractivity contribution < 1.29 is 9.59 Å². The molecule has 1 aliphatic carbocycles. The molecule has 2 amide bonds. The number of rotatable bonds is 6. The van der Waals surface area contributed by atoms with Crippen molar-refractivity contribution in [2.75, 3.05) is 6.54 Å². The summed E-state index contributed by atoms with van der Waals surface area (Å²) >= 11 is 0. The Labute approximate surface area is 149 Å². The van der Waals surface area contributed by atoms with Crippen molar-refractivity contribution in [2.24, 2.45) is 5.73 Å². The van der Waals surface area contributed by atoms with Gasteiger partial charge >= 0.3 is 0 Å². The zero-order chi connectivity index (χ0) is 16.9. The van der Waals surface area contributed by atoms with Crippen LogP contribution in [0, 0.1) is 0 Å². The van der Waals surface area contributed by atoms with Crippen LogP contribution in [0.25, 0.3) is 0 Å². The largest absolute Gasteiger partial charge is 0.352 e. The molecule has 0 saturated heterocycles. The predicted octanol–water partition coefficient (Wildman–Crippen LogP) is 1.22. The number of carbonyl (C=O) groups excluding carboxylic acids is 2. The van der Waals surface area contributed by atoms with Crippen molar-refractivity contribution in [1.82, 2.24) is 20.4 Å². The Bertz CT molecular complexity index is 547. The van der Waals surface area contributed by atoms with Crippen molar-refractivity contribution in [2.45, 2.75) is 64.1 Å². The van der Waals surface area contributed by atoms with E-state index < -0.39 is 5.54 Å². The van der Waals surface area contributed by atoms with E-state index in [1.807, 2.05) is 13.8 Å². The molecule has 1 aromatic rings. The second kappa shape index (κ2) is 9.03. The molecule has 1 saturated carbocycles. The summed E-state index contributed by atoms with van der Waals surface area (Å²) in [7, 11) is 0. The maximum Gasteiger partial charge on any atom is 0.254 e. The van der Waals surface area contributed by atoms with Crippen LogP contribution in [-0.4, -0.2) is 39.7 Å². The van der Waals surface area contributed by atoms with Crippen molar-refractivity contribution in [3.63, 3.8) is 0 Å². The van der Waals surface area contributed by atoms with Gasteiger partial charge in [0.25, 0.3) is 5.91 Å². The summed E-state index contributed by atoms with van der Waals surface area (Å²) in [6, 6.07) is 0.279. The number of hydrogen-bond acceptors (Lipinski definition) is 4. The zero-order valence-corrected chi connectivity index (χ0v) is 15.2. The van der Waals surface area contributed by atoms with Crippen LogP contribution in [0.15, 0.2) is 12.4 Å². The van der Waals surface area contributed by atoms with Crippen molar-refractivity contribution in [3.05, 3.63) is 18.0 Å². The molecule has 0 bridgehead atoms. The third-order valence-electron chi connectivity index (χ3n) is 3.88. The number of aromatic nitrogens is 2. The quantitative estimate of drug-likeness (QED) is 0.712. The molecule has 0 unspecified atom stereocenters. The number of halogens is 1. The summed E-state index contributed by atoms with van der Waals surface area (Å²) in [6.07, 6.45) is 8.75. The molecule has 1 fully saturated rings. The molecule has 0 atom stereocenters. The second-order valence-corrected chi connectivity index (χ2v) is 7.00. The van der Waals surface area contributed by atoms with Gasteiger partial charge in [0.1, 0.15) is 6.54 Å². The van der Waals surface area contributed by atoms with Crippen LogP contribution in [0.3, 0.4) is 0 Å². The van der Waals surface area contributed by atoms with E-state index in [2.05, 4.69) is 15.7 Å². The molecule has 8 heteroatoms. The fraction of sp³-hybridized carbons (Fsp3) is 0.688. The van der Waals surface area contributed by atoms with Crippen LogP contribution >= 0.6 is 12.4 Å². The summed E-state index contributed by atoms with van der Waals surface area (Å²) in [6.45, 7) is 4.18. The van der Waals surface area contributed by atoms with Gasteiger partial charge in [0.2, 0.25) is 5.91 Å². The number of carbonyl (C=O) groups is 2. The van der Waals surface area contributed by atoms with Gasteiger partial charge in [0, 0.05) is 24.3 Å². The lowest BCUT2D eigenvalue weighted by molar-refractivity contribution is -0.122. The third-order valence-corrected chi connectivity index (χ3v) is 3.88. The fourth-order valence-electron chi connectivity index (χ4n) is 2.64. The zero-order valence-electron chi connectivity index (χ0n) is 14.4. The minimum absolute atomic E-state index is 0. The lowest BCUT2D eigenvalue weighted by Crippen LogP contribution is -2.45. The van der Waals surface area contributed by atoms with Gasteiger partial charge in [-0.1, -0.05) is 19.3 Å². The standard InChI is InChI=1S/C16H27N5O2.ClH/c1-16(2,17)11-18-15(23)12-8-19-21(9-12)10-14(22)20-13-6-4-3-5-7-13;/h8-9,13H,3-7,10-11,17H2,1-2H3,(H,18,23)(H,20,22);1H. The molecule has 24 heavy (non-hydrogen) atoms. The SMILES string of the molecule is CC(C)(N)CNC(=O)c1cnn(CC(=O)NC2CCCCC2)c1.Cl. The highest BCUT2D eigenvalue weighted by Gasteiger charge is 2.17. The normalized spacial score (nSPS) is 15.5. The molecule has 136 valence electrons. The Balaban J connectivity index is 0.00000288. The van der Waals surface area contributed by atoms with Gasteiger partial charge in [-0.3, -0.25) is 14.3 Å². The molecule has 7 nitrogen and oxygen atoms in total. The van der Waals surface area contributed by atoms with Crippen LogP contribution in [-0.2, 0) is 11.3 Å². The van der Waals surface area contributed by atoms with E-state index in [9.17, 15) is 9.59 Å².